The van der Waals surface area contributed by atoms with E-state index in [-0.39, 0.29) is 5.16 Å². The third-order valence-corrected chi connectivity index (χ3v) is 2.89. The van der Waals surface area contributed by atoms with Gasteiger partial charge in [-0.25, -0.2) is 0 Å². The lowest BCUT2D eigenvalue weighted by Gasteiger charge is -2.15. The minimum atomic E-state index is 0.235. The van der Waals surface area contributed by atoms with Gasteiger partial charge in [-0.1, -0.05) is 48.7 Å². The van der Waals surface area contributed by atoms with Gasteiger partial charge in [0.25, 0.3) is 0 Å². The van der Waals surface area contributed by atoms with Crippen LogP contribution in [0.5, 0.6) is 5.75 Å². The van der Waals surface area contributed by atoms with Gasteiger partial charge in [-0.15, -0.1) is 0 Å². The molecule has 1 rings (SSSR count). The molecule has 1 amide bonds. The Bertz CT molecular complexity index is 421. The van der Waals surface area contributed by atoms with Gasteiger partial charge in [0, 0.05) is 6.54 Å². The lowest BCUT2D eigenvalue weighted by atomic mass is 10.3. The third-order valence-electron chi connectivity index (χ3n) is 2.27. The van der Waals surface area contributed by atoms with Gasteiger partial charge in [-0.3, -0.25) is 4.79 Å². The molecule has 0 bridgehead atoms. The number of amides is 1. The molecule has 0 aliphatic carbocycles. The highest BCUT2D eigenvalue weighted by Crippen LogP contribution is 2.24. The molecule has 3 nitrogen and oxygen atoms in total. The molecular formula is C13H15Cl2NO2. The first-order valence-electron chi connectivity index (χ1n) is 5.67. The third kappa shape index (κ3) is 4.59. The molecule has 0 aromatic heterocycles. The Morgan fingerprint density at radius 1 is 1.44 bits per heavy atom. The van der Waals surface area contributed by atoms with Crippen molar-refractivity contribution in [3.05, 3.63) is 40.7 Å². The summed E-state index contributed by atoms with van der Waals surface area (Å²) in [7, 11) is 0. The van der Waals surface area contributed by atoms with Crippen molar-refractivity contribution in [1.82, 2.24) is 4.90 Å². The molecule has 0 unspecified atom stereocenters. The average Bonchev–Trinajstić information content (AvgIpc) is 2.38. The van der Waals surface area contributed by atoms with Crippen molar-refractivity contribution in [1.29, 1.82) is 0 Å². The van der Waals surface area contributed by atoms with Gasteiger partial charge in [-0.2, -0.15) is 0 Å². The monoisotopic (exact) mass is 287 g/mol. The van der Waals surface area contributed by atoms with Crippen molar-refractivity contribution in [3.8, 4) is 5.75 Å². The zero-order valence-corrected chi connectivity index (χ0v) is 11.6. The van der Waals surface area contributed by atoms with Crippen LogP contribution in [0.2, 0.25) is 5.02 Å². The van der Waals surface area contributed by atoms with Crippen molar-refractivity contribution in [2.45, 2.75) is 19.8 Å². The van der Waals surface area contributed by atoms with Gasteiger partial charge in [0.2, 0.25) is 6.41 Å². The molecule has 18 heavy (non-hydrogen) atoms. The second kappa shape index (κ2) is 8.01. The van der Waals surface area contributed by atoms with Crippen LogP contribution in [0.3, 0.4) is 0 Å². The molecule has 0 saturated carbocycles. The minimum absolute atomic E-state index is 0.235. The topological polar surface area (TPSA) is 29.5 Å². The van der Waals surface area contributed by atoms with Crippen LogP contribution in [0.25, 0.3) is 0 Å². The zero-order chi connectivity index (χ0) is 13.4. The average molecular weight is 288 g/mol. The van der Waals surface area contributed by atoms with E-state index in [4.69, 9.17) is 27.9 Å². The van der Waals surface area contributed by atoms with Crippen molar-refractivity contribution in [2.75, 3.05) is 6.54 Å². The molecule has 0 radical (unpaired) electrons. The Hall–Kier alpha value is -1.19. The molecule has 0 spiro atoms. The number of para-hydroxylation sites is 1. The highest BCUT2D eigenvalue weighted by Gasteiger charge is 2.06. The first-order chi connectivity index (χ1) is 8.69. The molecule has 0 N–H and O–H groups in total. The summed E-state index contributed by atoms with van der Waals surface area (Å²) in [5, 5.41) is 0.725. The Morgan fingerprint density at radius 2 is 2.17 bits per heavy atom. The second-order valence-corrected chi connectivity index (χ2v) is 4.44. The van der Waals surface area contributed by atoms with E-state index in [1.54, 1.807) is 24.3 Å². The Labute approximate surface area is 117 Å². The number of carbonyl (C=O) groups excluding carboxylic acids is 1. The van der Waals surface area contributed by atoms with E-state index in [0.717, 1.165) is 12.8 Å². The maximum absolute atomic E-state index is 10.8. The summed E-state index contributed by atoms with van der Waals surface area (Å²) < 4.78 is 5.33. The molecule has 1 aromatic rings. The summed E-state index contributed by atoms with van der Waals surface area (Å²) in [6.45, 7) is 2.61. The molecule has 0 aliphatic heterocycles. The molecule has 1 aromatic carbocycles. The predicted octanol–water partition coefficient (Wildman–Crippen LogP) is 4.02. The molecule has 98 valence electrons. The zero-order valence-electron chi connectivity index (χ0n) is 10.1. The van der Waals surface area contributed by atoms with Crippen LogP contribution < -0.4 is 4.74 Å². The molecule has 0 fully saturated rings. The number of unbranched alkanes of at least 4 members (excludes halogenated alkanes) is 1. The molecule has 0 saturated heterocycles. The van der Waals surface area contributed by atoms with E-state index >= 15 is 0 Å². The normalized spacial score (nSPS) is 11.2. The van der Waals surface area contributed by atoms with Crippen LogP contribution >= 0.6 is 23.2 Å². The van der Waals surface area contributed by atoms with E-state index in [9.17, 15) is 4.79 Å². The van der Waals surface area contributed by atoms with Crippen molar-refractivity contribution < 1.29 is 9.53 Å². The fraction of sp³-hybridized carbons (Fsp3) is 0.308. The first-order valence-corrected chi connectivity index (χ1v) is 6.43. The number of hydrogen-bond acceptors (Lipinski definition) is 2. The number of ether oxygens (including phenoxy) is 1. The number of benzene rings is 1. The van der Waals surface area contributed by atoms with Gasteiger partial charge in [-0.05, 0) is 18.6 Å². The second-order valence-electron chi connectivity index (χ2n) is 3.64. The van der Waals surface area contributed by atoms with E-state index < -0.39 is 0 Å². The number of nitrogens with zero attached hydrogens (tertiary/aromatic N) is 1. The Morgan fingerprint density at radius 3 is 2.78 bits per heavy atom. The maximum Gasteiger partial charge on any atom is 0.214 e. The minimum Gasteiger partial charge on any atom is -0.460 e. The standard InChI is InChI=1S/C13H15Cl2NO2/c1-2-3-8-16(10-17)13(15)9-18-12-7-5-4-6-11(12)14/h4-7,9-10H,2-3,8H2,1H3/b13-9+. The van der Waals surface area contributed by atoms with Crippen LogP contribution in [-0.4, -0.2) is 17.9 Å². The SMILES string of the molecule is CCCCN(C=O)/C(Cl)=C/Oc1ccccc1Cl. The molecule has 0 atom stereocenters. The number of hydrogen-bond donors (Lipinski definition) is 0. The van der Waals surface area contributed by atoms with Crippen molar-refractivity contribution in [2.24, 2.45) is 0 Å². The van der Waals surface area contributed by atoms with Crippen LogP contribution in [0, 0.1) is 0 Å². The summed E-state index contributed by atoms with van der Waals surface area (Å²) >= 11 is 11.9. The Balaban J connectivity index is 2.65. The van der Waals surface area contributed by atoms with E-state index in [0.29, 0.717) is 23.7 Å². The van der Waals surface area contributed by atoms with Crippen LogP contribution in [-0.2, 0) is 4.79 Å². The number of rotatable bonds is 7. The Kier molecular flexibility index (Phi) is 6.61. The number of carbonyl (C=O) groups is 1. The van der Waals surface area contributed by atoms with E-state index in [1.165, 1.54) is 11.2 Å². The highest BCUT2D eigenvalue weighted by molar-refractivity contribution is 6.32. The summed E-state index contributed by atoms with van der Waals surface area (Å²) in [6.07, 6.45) is 3.87. The molecular weight excluding hydrogens is 273 g/mol. The molecule has 0 heterocycles. The molecule has 0 aliphatic rings. The molecule has 5 heteroatoms. The van der Waals surface area contributed by atoms with Crippen LogP contribution in [0.1, 0.15) is 19.8 Å². The largest absolute Gasteiger partial charge is 0.460 e. The number of halogens is 2. The van der Waals surface area contributed by atoms with E-state index in [1.807, 2.05) is 6.92 Å². The smallest absolute Gasteiger partial charge is 0.214 e. The summed E-state index contributed by atoms with van der Waals surface area (Å²) in [5.74, 6) is 0.499. The summed E-state index contributed by atoms with van der Waals surface area (Å²) in [4.78, 5) is 12.2. The van der Waals surface area contributed by atoms with Crippen molar-refractivity contribution in [3.63, 3.8) is 0 Å². The fourth-order valence-electron chi connectivity index (χ4n) is 1.26. The van der Waals surface area contributed by atoms with E-state index in [2.05, 4.69) is 0 Å². The first kappa shape index (κ1) is 14.9. The van der Waals surface area contributed by atoms with Crippen LogP contribution in [0.15, 0.2) is 35.7 Å². The lowest BCUT2D eigenvalue weighted by molar-refractivity contribution is -0.116. The lowest BCUT2D eigenvalue weighted by Crippen LogP contribution is -2.20. The maximum atomic E-state index is 10.8. The summed E-state index contributed by atoms with van der Waals surface area (Å²) in [6, 6.07) is 7.05. The van der Waals surface area contributed by atoms with Gasteiger partial charge >= 0.3 is 0 Å². The fourth-order valence-corrected chi connectivity index (χ4v) is 1.61. The van der Waals surface area contributed by atoms with Gasteiger partial charge in [0.15, 0.2) is 0 Å². The quantitative estimate of drug-likeness (QED) is 0.431. The van der Waals surface area contributed by atoms with Gasteiger partial charge in [0.1, 0.15) is 17.2 Å². The highest BCUT2D eigenvalue weighted by atomic mass is 35.5. The predicted molar refractivity (Wildman–Crippen MR) is 73.7 cm³/mol. The van der Waals surface area contributed by atoms with Crippen LogP contribution in [0.4, 0.5) is 0 Å². The van der Waals surface area contributed by atoms with Gasteiger partial charge in [0.05, 0.1) is 5.02 Å². The van der Waals surface area contributed by atoms with Crippen molar-refractivity contribution >= 4 is 29.6 Å². The van der Waals surface area contributed by atoms with Gasteiger partial charge < -0.3 is 9.64 Å². The summed E-state index contributed by atoms with van der Waals surface area (Å²) in [5.41, 5.74) is 0.